The van der Waals surface area contributed by atoms with Crippen LogP contribution in [0.3, 0.4) is 0 Å². The quantitative estimate of drug-likeness (QED) is 0.810. The van der Waals surface area contributed by atoms with Crippen molar-refractivity contribution in [1.29, 1.82) is 0 Å². The SMILES string of the molecule is CC1NC(=O)C(C)N(CC2CCC(F)(F)C2)C1=O. The van der Waals surface area contributed by atoms with E-state index < -0.39 is 18.0 Å². The van der Waals surface area contributed by atoms with Crippen molar-refractivity contribution < 1.29 is 18.4 Å². The Morgan fingerprint density at radius 3 is 2.61 bits per heavy atom. The van der Waals surface area contributed by atoms with E-state index in [0.29, 0.717) is 6.42 Å². The first-order chi connectivity index (χ1) is 8.30. The van der Waals surface area contributed by atoms with E-state index in [1.807, 2.05) is 0 Å². The molecule has 1 saturated heterocycles. The summed E-state index contributed by atoms with van der Waals surface area (Å²) in [6, 6.07) is -1.13. The molecule has 0 spiro atoms. The number of alkyl halides is 2. The lowest BCUT2D eigenvalue weighted by Crippen LogP contribution is -2.62. The highest BCUT2D eigenvalue weighted by atomic mass is 19.3. The van der Waals surface area contributed by atoms with Crippen LogP contribution in [-0.2, 0) is 9.59 Å². The van der Waals surface area contributed by atoms with Crippen LogP contribution in [-0.4, -0.2) is 41.3 Å². The third-order valence-corrected chi connectivity index (χ3v) is 3.82. The lowest BCUT2D eigenvalue weighted by molar-refractivity contribution is -0.148. The third-order valence-electron chi connectivity index (χ3n) is 3.82. The summed E-state index contributed by atoms with van der Waals surface area (Å²) >= 11 is 0. The van der Waals surface area contributed by atoms with Crippen molar-refractivity contribution in [3.63, 3.8) is 0 Å². The minimum absolute atomic E-state index is 0.115. The van der Waals surface area contributed by atoms with Crippen molar-refractivity contribution in [1.82, 2.24) is 10.2 Å². The minimum Gasteiger partial charge on any atom is -0.343 e. The van der Waals surface area contributed by atoms with Gasteiger partial charge in [-0.3, -0.25) is 9.59 Å². The first-order valence-electron chi connectivity index (χ1n) is 6.29. The van der Waals surface area contributed by atoms with Crippen LogP contribution < -0.4 is 5.32 Å². The van der Waals surface area contributed by atoms with Gasteiger partial charge in [0.15, 0.2) is 0 Å². The van der Waals surface area contributed by atoms with Gasteiger partial charge in [0.25, 0.3) is 0 Å². The first kappa shape index (κ1) is 13.2. The van der Waals surface area contributed by atoms with Crippen LogP contribution in [0.4, 0.5) is 8.78 Å². The fourth-order valence-electron chi connectivity index (χ4n) is 2.70. The van der Waals surface area contributed by atoms with Crippen molar-refractivity contribution in [2.75, 3.05) is 6.54 Å². The highest BCUT2D eigenvalue weighted by Crippen LogP contribution is 2.39. The van der Waals surface area contributed by atoms with E-state index in [4.69, 9.17) is 0 Å². The Morgan fingerprint density at radius 1 is 1.39 bits per heavy atom. The Labute approximate surface area is 105 Å². The van der Waals surface area contributed by atoms with Gasteiger partial charge in [0, 0.05) is 19.4 Å². The van der Waals surface area contributed by atoms with Gasteiger partial charge >= 0.3 is 0 Å². The zero-order valence-electron chi connectivity index (χ0n) is 10.6. The van der Waals surface area contributed by atoms with Crippen LogP contribution in [0.2, 0.25) is 0 Å². The van der Waals surface area contributed by atoms with E-state index in [0.717, 1.165) is 0 Å². The summed E-state index contributed by atoms with van der Waals surface area (Å²) in [4.78, 5) is 25.0. The molecule has 4 nitrogen and oxygen atoms in total. The van der Waals surface area contributed by atoms with Crippen LogP contribution >= 0.6 is 0 Å². The molecule has 0 aromatic heterocycles. The van der Waals surface area contributed by atoms with Crippen molar-refractivity contribution in [3.8, 4) is 0 Å². The second kappa shape index (κ2) is 4.48. The van der Waals surface area contributed by atoms with E-state index in [-0.39, 0.29) is 37.1 Å². The zero-order valence-corrected chi connectivity index (χ0v) is 10.6. The highest BCUT2D eigenvalue weighted by Gasteiger charge is 2.43. The standard InChI is InChI=1S/C12H18F2N2O2/c1-7-11(18)16(8(2)10(17)15-7)6-9-3-4-12(13,14)5-9/h7-9H,3-6H2,1-2H3,(H,15,17). The second-order valence-corrected chi connectivity index (χ2v) is 5.36. The number of hydrogen-bond acceptors (Lipinski definition) is 2. The average Bonchev–Trinajstić information content (AvgIpc) is 2.62. The molecular formula is C12H18F2N2O2. The summed E-state index contributed by atoms with van der Waals surface area (Å²) in [5.41, 5.74) is 0. The first-order valence-corrected chi connectivity index (χ1v) is 6.29. The third kappa shape index (κ3) is 2.47. The molecule has 1 aliphatic carbocycles. The maximum atomic E-state index is 13.1. The Hall–Kier alpha value is -1.20. The molecule has 2 aliphatic rings. The van der Waals surface area contributed by atoms with E-state index in [2.05, 4.69) is 5.32 Å². The summed E-state index contributed by atoms with van der Waals surface area (Å²) < 4.78 is 26.2. The number of nitrogens with zero attached hydrogens (tertiary/aromatic N) is 1. The van der Waals surface area contributed by atoms with Crippen molar-refractivity contribution in [3.05, 3.63) is 0 Å². The molecule has 1 saturated carbocycles. The highest BCUT2D eigenvalue weighted by molar-refractivity contribution is 5.96. The summed E-state index contributed by atoms with van der Waals surface area (Å²) in [5, 5.41) is 2.57. The number of hydrogen-bond donors (Lipinski definition) is 1. The zero-order chi connectivity index (χ0) is 13.5. The maximum Gasteiger partial charge on any atom is 0.248 e. The molecule has 102 valence electrons. The second-order valence-electron chi connectivity index (χ2n) is 5.36. The number of rotatable bonds is 2. The number of halogens is 2. The van der Waals surface area contributed by atoms with Crippen LogP contribution in [0.1, 0.15) is 33.1 Å². The lowest BCUT2D eigenvalue weighted by atomic mass is 10.0. The van der Waals surface area contributed by atoms with Gasteiger partial charge in [-0.05, 0) is 26.2 Å². The normalized spacial score (nSPS) is 35.8. The molecule has 1 aliphatic heterocycles. The number of nitrogens with one attached hydrogen (secondary N) is 1. The van der Waals surface area contributed by atoms with Gasteiger partial charge in [-0.25, -0.2) is 8.78 Å². The maximum absolute atomic E-state index is 13.1. The van der Waals surface area contributed by atoms with E-state index in [1.54, 1.807) is 13.8 Å². The molecule has 0 aromatic carbocycles. The molecule has 1 heterocycles. The van der Waals surface area contributed by atoms with Crippen molar-refractivity contribution in [2.45, 2.75) is 51.1 Å². The summed E-state index contributed by atoms with van der Waals surface area (Å²) in [6.45, 7) is 3.50. The fourth-order valence-corrected chi connectivity index (χ4v) is 2.70. The van der Waals surface area contributed by atoms with Gasteiger partial charge in [0.05, 0.1) is 0 Å². The predicted molar refractivity (Wildman–Crippen MR) is 61.1 cm³/mol. The van der Waals surface area contributed by atoms with E-state index in [1.165, 1.54) is 4.90 Å². The summed E-state index contributed by atoms with van der Waals surface area (Å²) in [7, 11) is 0. The van der Waals surface area contributed by atoms with Crippen LogP contribution in [0.15, 0.2) is 0 Å². The summed E-state index contributed by atoms with van der Waals surface area (Å²) in [5.74, 6) is -3.21. The Morgan fingerprint density at radius 2 is 2.06 bits per heavy atom. The predicted octanol–water partition coefficient (Wildman–Crippen LogP) is 1.16. The number of carbonyl (C=O) groups is 2. The van der Waals surface area contributed by atoms with E-state index in [9.17, 15) is 18.4 Å². The van der Waals surface area contributed by atoms with Crippen LogP contribution in [0.5, 0.6) is 0 Å². The molecule has 2 fully saturated rings. The van der Waals surface area contributed by atoms with Gasteiger partial charge in [0.2, 0.25) is 17.7 Å². The average molecular weight is 260 g/mol. The smallest absolute Gasteiger partial charge is 0.248 e. The molecule has 18 heavy (non-hydrogen) atoms. The molecule has 3 atom stereocenters. The number of amides is 2. The van der Waals surface area contributed by atoms with Gasteiger partial charge < -0.3 is 10.2 Å². The molecule has 6 heteroatoms. The topological polar surface area (TPSA) is 49.4 Å². The monoisotopic (exact) mass is 260 g/mol. The minimum atomic E-state index is -2.61. The fraction of sp³-hybridized carbons (Fsp3) is 0.833. The molecule has 0 bridgehead atoms. The molecule has 2 rings (SSSR count). The van der Waals surface area contributed by atoms with Crippen molar-refractivity contribution in [2.24, 2.45) is 5.92 Å². The van der Waals surface area contributed by atoms with Gasteiger partial charge in [-0.15, -0.1) is 0 Å². The Bertz CT molecular complexity index is 373. The number of carbonyl (C=O) groups excluding carboxylic acids is 2. The molecule has 0 aromatic rings. The van der Waals surface area contributed by atoms with Gasteiger partial charge in [-0.1, -0.05) is 0 Å². The Balaban J connectivity index is 2.03. The van der Waals surface area contributed by atoms with Gasteiger partial charge in [0.1, 0.15) is 12.1 Å². The number of piperazine rings is 1. The molecule has 2 amide bonds. The largest absolute Gasteiger partial charge is 0.343 e. The van der Waals surface area contributed by atoms with Crippen molar-refractivity contribution >= 4 is 11.8 Å². The van der Waals surface area contributed by atoms with Crippen LogP contribution in [0, 0.1) is 5.92 Å². The molecular weight excluding hydrogens is 242 g/mol. The molecule has 1 N–H and O–H groups in total. The van der Waals surface area contributed by atoms with Gasteiger partial charge in [-0.2, -0.15) is 0 Å². The molecule has 3 unspecified atom stereocenters. The van der Waals surface area contributed by atoms with Crippen LogP contribution in [0.25, 0.3) is 0 Å². The lowest BCUT2D eigenvalue weighted by Gasteiger charge is -2.37. The summed E-state index contributed by atoms with van der Waals surface area (Å²) in [6.07, 6.45) is 0.120. The van der Waals surface area contributed by atoms with E-state index >= 15 is 0 Å². The molecule has 0 radical (unpaired) electrons. The Kier molecular flexibility index (Phi) is 3.29.